The van der Waals surface area contributed by atoms with E-state index in [0.29, 0.717) is 26.9 Å². The molecule has 1 nitrogen and oxygen atoms in total. The van der Waals surface area contributed by atoms with E-state index in [2.05, 4.69) is 0 Å². The zero-order chi connectivity index (χ0) is 12.4. The molecule has 0 saturated carbocycles. The molecule has 0 amide bonds. The quantitative estimate of drug-likeness (QED) is 0.699. The van der Waals surface area contributed by atoms with E-state index in [1.807, 2.05) is 0 Å². The third kappa shape index (κ3) is 2.63. The average molecular weight is 286 g/mol. The molecular formula is C13H7Cl3O. The van der Waals surface area contributed by atoms with Gasteiger partial charge in [0, 0.05) is 21.2 Å². The second-order valence-electron chi connectivity index (χ2n) is 3.48. The molecule has 0 unspecified atom stereocenters. The molecule has 0 aliphatic rings. The molecule has 0 aliphatic carbocycles. The third-order valence-electron chi connectivity index (χ3n) is 2.36. The van der Waals surface area contributed by atoms with E-state index in [0.717, 1.165) is 11.1 Å². The minimum absolute atomic E-state index is 0.418. The fourth-order valence-corrected chi connectivity index (χ4v) is 2.08. The highest BCUT2D eigenvalue weighted by molar-refractivity contribution is 6.35. The molecule has 2 rings (SSSR count). The van der Waals surface area contributed by atoms with Crippen molar-refractivity contribution in [1.29, 1.82) is 0 Å². The summed E-state index contributed by atoms with van der Waals surface area (Å²) < 4.78 is 0. The van der Waals surface area contributed by atoms with Crippen molar-refractivity contribution in [3.05, 3.63) is 57.0 Å². The van der Waals surface area contributed by atoms with E-state index < -0.39 is 0 Å². The van der Waals surface area contributed by atoms with Gasteiger partial charge in [-0.2, -0.15) is 0 Å². The fraction of sp³-hybridized carbons (Fsp3) is 0. The van der Waals surface area contributed by atoms with Gasteiger partial charge in [0.2, 0.25) is 0 Å². The summed E-state index contributed by atoms with van der Waals surface area (Å²) in [5.74, 6) is 0. The average Bonchev–Trinajstić information content (AvgIpc) is 2.33. The van der Waals surface area contributed by atoms with Gasteiger partial charge in [-0.25, -0.2) is 0 Å². The van der Waals surface area contributed by atoms with Crippen molar-refractivity contribution in [2.24, 2.45) is 0 Å². The number of carbonyl (C=O) groups is 1. The van der Waals surface area contributed by atoms with Crippen LogP contribution in [0.5, 0.6) is 0 Å². The summed E-state index contributed by atoms with van der Waals surface area (Å²) in [4.78, 5) is 10.8. The maximum atomic E-state index is 10.8. The maximum Gasteiger partial charge on any atom is 0.151 e. The van der Waals surface area contributed by atoms with Crippen LogP contribution >= 0.6 is 34.8 Å². The molecule has 0 heterocycles. The van der Waals surface area contributed by atoms with Crippen molar-refractivity contribution in [3.8, 4) is 11.1 Å². The Morgan fingerprint density at radius 2 is 1.59 bits per heavy atom. The Kier molecular flexibility index (Phi) is 3.72. The standard InChI is InChI=1S/C13H7Cl3O/c14-10-2-4-13(16)11(6-10)8-1-3-12(15)9(5-8)7-17/h1-7H. The molecular weight excluding hydrogens is 279 g/mol. The minimum atomic E-state index is 0.418. The number of hydrogen-bond donors (Lipinski definition) is 0. The van der Waals surface area contributed by atoms with Crippen LogP contribution in [-0.4, -0.2) is 6.29 Å². The van der Waals surface area contributed by atoms with Crippen LogP contribution in [0.25, 0.3) is 11.1 Å². The Labute approximate surface area is 114 Å². The van der Waals surface area contributed by atoms with Crippen LogP contribution in [0.15, 0.2) is 36.4 Å². The van der Waals surface area contributed by atoms with Crippen LogP contribution in [0.2, 0.25) is 15.1 Å². The number of carbonyl (C=O) groups excluding carboxylic acids is 1. The second-order valence-corrected chi connectivity index (χ2v) is 4.73. The van der Waals surface area contributed by atoms with Crippen molar-refractivity contribution in [1.82, 2.24) is 0 Å². The van der Waals surface area contributed by atoms with Crippen molar-refractivity contribution in [2.75, 3.05) is 0 Å². The van der Waals surface area contributed by atoms with Gasteiger partial charge in [0.25, 0.3) is 0 Å². The molecule has 0 atom stereocenters. The van der Waals surface area contributed by atoms with Gasteiger partial charge in [-0.15, -0.1) is 0 Å². The lowest BCUT2D eigenvalue weighted by Crippen LogP contribution is -1.85. The van der Waals surface area contributed by atoms with Crippen molar-refractivity contribution >= 4 is 41.1 Å². The predicted octanol–water partition coefficient (Wildman–Crippen LogP) is 5.13. The van der Waals surface area contributed by atoms with Crippen molar-refractivity contribution in [3.63, 3.8) is 0 Å². The van der Waals surface area contributed by atoms with Crippen LogP contribution in [0, 0.1) is 0 Å². The summed E-state index contributed by atoms with van der Waals surface area (Å²) in [5.41, 5.74) is 2.02. The molecule has 0 saturated heterocycles. The molecule has 0 spiro atoms. The third-order valence-corrected chi connectivity index (χ3v) is 3.27. The summed E-state index contributed by atoms with van der Waals surface area (Å²) in [6.07, 6.45) is 0.713. The first kappa shape index (κ1) is 12.4. The molecule has 0 bridgehead atoms. The zero-order valence-electron chi connectivity index (χ0n) is 8.58. The van der Waals surface area contributed by atoms with Gasteiger partial charge in [-0.05, 0) is 35.9 Å². The molecule has 0 radical (unpaired) electrons. The molecule has 0 fully saturated rings. The Bertz CT molecular complexity index is 579. The summed E-state index contributed by atoms with van der Waals surface area (Å²) in [5, 5.41) is 1.59. The van der Waals surface area contributed by atoms with Gasteiger partial charge in [0.15, 0.2) is 6.29 Å². The highest BCUT2D eigenvalue weighted by Gasteiger charge is 2.07. The van der Waals surface area contributed by atoms with E-state index >= 15 is 0 Å². The Morgan fingerprint density at radius 1 is 0.882 bits per heavy atom. The number of benzene rings is 2. The molecule has 86 valence electrons. The van der Waals surface area contributed by atoms with Crippen LogP contribution in [0.4, 0.5) is 0 Å². The van der Waals surface area contributed by atoms with Crippen LogP contribution in [0.1, 0.15) is 10.4 Å². The van der Waals surface area contributed by atoms with Gasteiger partial charge < -0.3 is 0 Å². The molecule has 0 N–H and O–H groups in total. The SMILES string of the molecule is O=Cc1cc(-c2cc(Cl)ccc2Cl)ccc1Cl. The monoisotopic (exact) mass is 284 g/mol. The number of rotatable bonds is 2. The second kappa shape index (κ2) is 5.09. The lowest BCUT2D eigenvalue weighted by Gasteiger charge is -2.06. The molecule has 17 heavy (non-hydrogen) atoms. The van der Waals surface area contributed by atoms with E-state index in [-0.39, 0.29) is 0 Å². The Balaban J connectivity index is 2.60. The first-order chi connectivity index (χ1) is 8.11. The molecule has 2 aromatic carbocycles. The van der Waals surface area contributed by atoms with E-state index in [1.54, 1.807) is 36.4 Å². The van der Waals surface area contributed by atoms with Gasteiger partial charge in [-0.1, -0.05) is 40.9 Å². The molecule has 0 aromatic heterocycles. The van der Waals surface area contributed by atoms with E-state index in [1.165, 1.54) is 0 Å². The largest absolute Gasteiger partial charge is 0.298 e. The van der Waals surface area contributed by atoms with Crippen LogP contribution < -0.4 is 0 Å². The van der Waals surface area contributed by atoms with Crippen LogP contribution in [0.3, 0.4) is 0 Å². The van der Waals surface area contributed by atoms with Crippen LogP contribution in [-0.2, 0) is 0 Å². The molecule has 2 aromatic rings. The molecule has 0 aliphatic heterocycles. The Morgan fingerprint density at radius 3 is 2.29 bits per heavy atom. The van der Waals surface area contributed by atoms with E-state index in [9.17, 15) is 4.79 Å². The maximum absolute atomic E-state index is 10.8. The van der Waals surface area contributed by atoms with Crippen molar-refractivity contribution in [2.45, 2.75) is 0 Å². The first-order valence-corrected chi connectivity index (χ1v) is 5.95. The smallest absolute Gasteiger partial charge is 0.151 e. The summed E-state index contributed by atoms with van der Waals surface area (Å²) in [6, 6.07) is 10.3. The van der Waals surface area contributed by atoms with Gasteiger partial charge in [0.1, 0.15) is 0 Å². The summed E-state index contributed by atoms with van der Waals surface area (Å²) in [7, 11) is 0. The number of hydrogen-bond acceptors (Lipinski definition) is 1. The summed E-state index contributed by atoms with van der Waals surface area (Å²) in [6.45, 7) is 0. The fourth-order valence-electron chi connectivity index (χ4n) is 1.52. The minimum Gasteiger partial charge on any atom is -0.298 e. The van der Waals surface area contributed by atoms with Crippen molar-refractivity contribution < 1.29 is 4.79 Å². The molecule has 4 heteroatoms. The number of aldehydes is 1. The Hall–Kier alpha value is -1.02. The summed E-state index contributed by atoms with van der Waals surface area (Å²) >= 11 is 17.9. The highest BCUT2D eigenvalue weighted by Crippen LogP contribution is 2.32. The normalized spacial score (nSPS) is 10.3. The van der Waals surface area contributed by atoms with E-state index in [4.69, 9.17) is 34.8 Å². The number of halogens is 3. The lowest BCUT2D eigenvalue weighted by molar-refractivity contribution is 0.112. The lowest BCUT2D eigenvalue weighted by atomic mass is 10.0. The first-order valence-electron chi connectivity index (χ1n) is 4.82. The van der Waals surface area contributed by atoms with Gasteiger partial charge >= 0.3 is 0 Å². The topological polar surface area (TPSA) is 17.1 Å². The highest BCUT2D eigenvalue weighted by atomic mass is 35.5. The van der Waals surface area contributed by atoms with Gasteiger partial charge in [0.05, 0.1) is 5.02 Å². The van der Waals surface area contributed by atoms with Gasteiger partial charge in [-0.3, -0.25) is 4.79 Å². The predicted molar refractivity (Wildman–Crippen MR) is 72.3 cm³/mol. The zero-order valence-corrected chi connectivity index (χ0v) is 10.9.